The van der Waals surface area contributed by atoms with Gasteiger partial charge in [-0.25, -0.2) is 0 Å². The van der Waals surface area contributed by atoms with E-state index in [9.17, 15) is 0 Å². The molecule has 1 saturated heterocycles. The predicted molar refractivity (Wildman–Crippen MR) is 63.3 cm³/mol. The summed E-state index contributed by atoms with van der Waals surface area (Å²) in [6, 6.07) is 4.75. The normalized spacial score (nSPS) is 32.6. The third kappa shape index (κ3) is 2.86. The molecule has 0 amide bonds. The van der Waals surface area contributed by atoms with Gasteiger partial charge in [0, 0.05) is 6.04 Å². The van der Waals surface area contributed by atoms with Crippen molar-refractivity contribution in [3.8, 4) is 0 Å². The predicted octanol–water partition coefficient (Wildman–Crippen LogP) is 2.89. The SMILES string of the molecule is CC1CC(N[C@H](C)c2ccco2)CC(C)O1. The molecule has 1 fully saturated rings. The van der Waals surface area contributed by atoms with E-state index in [1.807, 2.05) is 12.1 Å². The molecule has 1 aromatic rings. The summed E-state index contributed by atoms with van der Waals surface area (Å²) in [4.78, 5) is 0. The van der Waals surface area contributed by atoms with Gasteiger partial charge in [0.2, 0.25) is 0 Å². The second-order valence-electron chi connectivity index (χ2n) is 4.83. The average molecular weight is 223 g/mol. The average Bonchev–Trinajstić information content (AvgIpc) is 2.68. The lowest BCUT2D eigenvalue weighted by atomic mass is 9.99. The highest BCUT2D eigenvalue weighted by Crippen LogP contribution is 2.22. The van der Waals surface area contributed by atoms with E-state index < -0.39 is 0 Å². The molecule has 16 heavy (non-hydrogen) atoms. The molecule has 3 heteroatoms. The van der Waals surface area contributed by atoms with Crippen molar-refractivity contribution in [3.63, 3.8) is 0 Å². The Labute approximate surface area is 97.2 Å². The Morgan fingerprint density at radius 3 is 2.56 bits per heavy atom. The fourth-order valence-electron chi connectivity index (χ4n) is 2.51. The molecule has 0 aromatic carbocycles. The van der Waals surface area contributed by atoms with E-state index in [0.29, 0.717) is 18.2 Å². The molecular weight excluding hydrogens is 202 g/mol. The molecule has 90 valence electrons. The Balaban J connectivity index is 1.89. The van der Waals surface area contributed by atoms with Crippen LogP contribution >= 0.6 is 0 Å². The Bertz CT molecular complexity index is 300. The Morgan fingerprint density at radius 2 is 2.00 bits per heavy atom. The van der Waals surface area contributed by atoms with E-state index in [1.165, 1.54) is 0 Å². The van der Waals surface area contributed by atoms with Crippen LogP contribution in [0.1, 0.15) is 45.4 Å². The van der Waals surface area contributed by atoms with Gasteiger partial charge in [0.1, 0.15) is 5.76 Å². The first kappa shape index (κ1) is 11.7. The fourth-order valence-corrected chi connectivity index (χ4v) is 2.51. The summed E-state index contributed by atoms with van der Waals surface area (Å²) in [5.74, 6) is 1.01. The summed E-state index contributed by atoms with van der Waals surface area (Å²) in [7, 11) is 0. The largest absolute Gasteiger partial charge is 0.468 e. The van der Waals surface area contributed by atoms with Gasteiger partial charge >= 0.3 is 0 Å². The second kappa shape index (κ2) is 5.02. The lowest BCUT2D eigenvalue weighted by molar-refractivity contribution is -0.0436. The molecule has 1 N–H and O–H groups in total. The molecule has 1 aliphatic rings. The zero-order chi connectivity index (χ0) is 11.5. The van der Waals surface area contributed by atoms with E-state index in [2.05, 4.69) is 26.1 Å². The number of nitrogens with one attached hydrogen (secondary N) is 1. The van der Waals surface area contributed by atoms with Crippen LogP contribution in [0.4, 0.5) is 0 Å². The van der Waals surface area contributed by atoms with Gasteiger partial charge in [-0.1, -0.05) is 0 Å². The number of ether oxygens (including phenoxy) is 1. The second-order valence-corrected chi connectivity index (χ2v) is 4.83. The van der Waals surface area contributed by atoms with Gasteiger partial charge in [-0.15, -0.1) is 0 Å². The van der Waals surface area contributed by atoms with Gasteiger partial charge in [-0.3, -0.25) is 0 Å². The maximum Gasteiger partial charge on any atom is 0.120 e. The van der Waals surface area contributed by atoms with E-state index in [-0.39, 0.29) is 6.04 Å². The summed E-state index contributed by atoms with van der Waals surface area (Å²) >= 11 is 0. The van der Waals surface area contributed by atoms with Gasteiger partial charge in [0.25, 0.3) is 0 Å². The smallest absolute Gasteiger partial charge is 0.120 e. The van der Waals surface area contributed by atoms with Gasteiger partial charge in [0.05, 0.1) is 24.5 Å². The molecule has 0 spiro atoms. The third-order valence-electron chi connectivity index (χ3n) is 3.15. The van der Waals surface area contributed by atoms with Crippen LogP contribution in [-0.4, -0.2) is 18.2 Å². The monoisotopic (exact) mass is 223 g/mol. The number of furan rings is 1. The quantitative estimate of drug-likeness (QED) is 0.855. The Kier molecular flexibility index (Phi) is 3.66. The Morgan fingerprint density at radius 1 is 1.31 bits per heavy atom. The molecule has 2 unspecified atom stereocenters. The summed E-state index contributed by atoms with van der Waals surface area (Å²) in [6.45, 7) is 6.42. The van der Waals surface area contributed by atoms with Gasteiger partial charge < -0.3 is 14.5 Å². The highest BCUT2D eigenvalue weighted by Gasteiger charge is 2.25. The van der Waals surface area contributed by atoms with Crippen LogP contribution in [0.25, 0.3) is 0 Å². The van der Waals surface area contributed by atoms with E-state index in [0.717, 1.165) is 18.6 Å². The fraction of sp³-hybridized carbons (Fsp3) is 0.692. The first-order valence-electron chi connectivity index (χ1n) is 6.10. The van der Waals surface area contributed by atoms with Crippen LogP contribution in [0.2, 0.25) is 0 Å². The Hall–Kier alpha value is -0.800. The maximum absolute atomic E-state index is 5.73. The van der Waals surface area contributed by atoms with Crippen LogP contribution in [0.15, 0.2) is 22.8 Å². The van der Waals surface area contributed by atoms with Crippen molar-refractivity contribution in [1.29, 1.82) is 0 Å². The van der Waals surface area contributed by atoms with Crippen LogP contribution in [-0.2, 0) is 4.74 Å². The molecule has 0 aliphatic carbocycles. The lowest BCUT2D eigenvalue weighted by Crippen LogP contribution is -2.42. The maximum atomic E-state index is 5.73. The van der Waals surface area contributed by atoms with Crippen LogP contribution in [0.5, 0.6) is 0 Å². The van der Waals surface area contributed by atoms with Crippen LogP contribution in [0, 0.1) is 0 Å². The van der Waals surface area contributed by atoms with Gasteiger partial charge in [-0.2, -0.15) is 0 Å². The zero-order valence-electron chi connectivity index (χ0n) is 10.3. The molecule has 2 rings (SSSR count). The topological polar surface area (TPSA) is 34.4 Å². The zero-order valence-corrected chi connectivity index (χ0v) is 10.3. The molecule has 0 saturated carbocycles. The summed E-state index contributed by atoms with van der Waals surface area (Å²) in [6.07, 6.45) is 4.59. The molecule has 3 nitrogen and oxygen atoms in total. The van der Waals surface area contributed by atoms with Crippen molar-refractivity contribution in [2.75, 3.05) is 0 Å². The van der Waals surface area contributed by atoms with Gasteiger partial charge in [-0.05, 0) is 45.7 Å². The lowest BCUT2D eigenvalue weighted by Gasteiger charge is -2.34. The van der Waals surface area contributed by atoms with E-state index in [4.69, 9.17) is 9.15 Å². The molecule has 1 aliphatic heterocycles. The minimum Gasteiger partial charge on any atom is -0.468 e. The minimum atomic E-state index is 0.275. The molecule has 2 heterocycles. The van der Waals surface area contributed by atoms with Crippen molar-refractivity contribution >= 4 is 0 Å². The van der Waals surface area contributed by atoms with E-state index in [1.54, 1.807) is 6.26 Å². The van der Waals surface area contributed by atoms with Gasteiger partial charge in [0.15, 0.2) is 0 Å². The number of hydrogen-bond acceptors (Lipinski definition) is 3. The molecular formula is C13H21NO2. The summed E-state index contributed by atoms with van der Waals surface area (Å²) in [5.41, 5.74) is 0. The minimum absolute atomic E-state index is 0.275. The van der Waals surface area contributed by atoms with Crippen molar-refractivity contribution < 1.29 is 9.15 Å². The van der Waals surface area contributed by atoms with Crippen LogP contribution < -0.4 is 5.32 Å². The third-order valence-corrected chi connectivity index (χ3v) is 3.15. The van der Waals surface area contributed by atoms with Crippen molar-refractivity contribution in [1.82, 2.24) is 5.32 Å². The summed E-state index contributed by atoms with van der Waals surface area (Å²) < 4.78 is 11.1. The molecule has 3 atom stereocenters. The molecule has 0 radical (unpaired) electrons. The first-order valence-corrected chi connectivity index (χ1v) is 6.10. The first-order chi connectivity index (χ1) is 7.65. The van der Waals surface area contributed by atoms with Crippen molar-refractivity contribution in [2.45, 2.75) is 57.9 Å². The molecule has 1 aromatic heterocycles. The van der Waals surface area contributed by atoms with Crippen LogP contribution in [0.3, 0.4) is 0 Å². The standard InChI is InChI=1S/C13H21NO2/c1-9-7-12(8-10(2)16-9)14-11(3)13-5-4-6-15-13/h4-6,9-12,14H,7-8H2,1-3H3/t9?,10?,11-,12?/m1/s1. The highest BCUT2D eigenvalue weighted by molar-refractivity contribution is 5.03. The van der Waals surface area contributed by atoms with Crippen molar-refractivity contribution in [3.05, 3.63) is 24.2 Å². The number of rotatable bonds is 3. The summed E-state index contributed by atoms with van der Waals surface area (Å²) in [5, 5.41) is 3.61. The number of hydrogen-bond donors (Lipinski definition) is 1. The highest BCUT2D eigenvalue weighted by atomic mass is 16.5. The van der Waals surface area contributed by atoms with Crippen molar-refractivity contribution in [2.24, 2.45) is 0 Å². The van der Waals surface area contributed by atoms with E-state index >= 15 is 0 Å². The molecule has 0 bridgehead atoms.